The highest BCUT2D eigenvalue weighted by Gasteiger charge is 2.42. The molecule has 3 unspecified atom stereocenters. The first-order valence-electron chi connectivity index (χ1n) is 7.38. The Labute approximate surface area is 126 Å². The van der Waals surface area contributed by atoms with Crippen molar-refractivity contribution >= 4 is 11.8 Å². The van der Waals surface area contributed by atoms with Crippen molar-refractivity contribution in [1.82, 2.24) is 0 Å². The molecule has 0 aromatic rings. The van der Waals surface area contributed by atoms with Gasteiger partial charge in [0.15, 0.2) is 5.78 Å². The summed E-state index contributed by atoms with van der Waals surface area (Å²) in [7, 11) is 0. The van der Waals surface area contributed by atoms with Crippen LogP contribution in [0.3, 0.4) is 0 Å². The first kappa shape index (κ1) is 17.6. The van der Waals surface area contributed by atoms with Gasteiger partial charge in [0.1, 0.15) is 6.10 Å². The molecule has 0 heterocycles. The third-order valence-corrected chi connectivity index (χ3v) is 3.96. The van der Waals surface area contributed by atoms with Crippen molar-refractivity contribution < 1.29 is 19.4 Å². The van der Waals surface area contributed by atoms with Crippen LogP contribution in [0.25, 0.3) is 0 Å². The van der Waals surface area contributed by atoms with E-state index in [1.54, 1.807) is 19.9 Å². The predicted octanol–water partition coefficient (Wildman–Crippen LogP) is 2.95. The van der Waals surface area contributed by atoms with Crippen molar-refractivity contribution in [3.05, 3.63) is 23.3 Å². The zero-order valence-electron chi connectivity index (χ0n) is 13.6. The summed E-state index contributed by atoms with van der Waals surface area (Å²) in [5, 5.41) is 10.7. The van der Waals surface area contributed by atoms with Crippen LogP contribution < -0.4 is 0 Å². The summed E-state index contributed by atoms with van der Waals surface area (Å²) in [5.41, 5.74) is 0.731. The van der Waals surface area contributed by atoms with Crippen molar-refractivity contribution in [1.29, 1.82) is 0 Å². The molecular weight excluding hydrogens is 268 g/mol. The van der Waals surface area contributed by atoms with E-state index in [1.165, 1.54) is 12.5 Å². The average Bonchev–Trinajstić information content (AvgIpc) is 2.31. The summed E-state index contributed by atoms with van der Waals surface area (Å²) in [6.07, 6.45) is 4.65. The SMILES string of the molecule is CC(=O)OC1C=C(C)C(=O)CC1C(C)(O)CCC=C(C)C. The molecular formula is C17H26O4. The molecule has 118 valence electrons. The molecule has 21 heavy (non-hydrogen) atoms. The maximum atomic E-state index is 11.9. The summed E-state index contributed by atoms with van der Waals surface area (Å²) >= 11 is 0. The van der Waals surface area contributed by atoms with E-state index in [4.69, 9.17) is 4.74 Å². The Hall–Kier alpha value is -1.42. The van der Waals surface area contributed by atoms with Gasteiger partial charge in [0.25, 0.3) is 0 Å². The summed E-state index contributed by atoms with van der Waals surface area (Å²) in [5.74, 6) is -0.794. The van der Waals surface area contributed by atoms with Gasteiger partial charge in [0, 0.05) is 19.3 Å². The molecule has 1 rings (SSSR count). The molecule has 4 heteroatoms. The summed E-state index contributed by atoms with van der Waals surface area (Å²) in [6.45, 7) is 8.79. The Balaban J connectivity index is 2.91. The van der Waals surface area contributed by atoms with Gasteiger partial charge in [-0.05, 0) is 52.2 Å². The van der Waals surface area contributed by atoms with Crippen LogP contribution in [0.1, 0.15) is 53.9 Å². The highest BCUT2D eigenvalue weighted by atomic mass is 16.5. The lowest BCUT2D eigenvalue weighted by molar-refractivity contribution is -0.154. The maximum Gasteiger partial charge on any atom is 0.303 e. The maximum absolute atomic E-state index is 11.9. The second-order valence-electron chi connectivity index (χ2n) is 6.33. The molecule has 0 bridgehead atoms. The minimum atomic E-state index is -1.06. The molecule has 0 saturated heterocycles. The molecule has 4 nitrogen and oxygen atoms in total. The molecule has 0 aliphatic heterocycles. The van der Waals surface area contributed by atoms with E-state index in [9.17, 15) is 14.7 Å². The van der Waals surface area contributed by atoms with Crippen molar-refractivity contribution in [2.75, 3.05) is 0 Å². The normalized spacial score (nSPS) is 24.9. The number of Topliss-reactive ketones (excluding diaryl/α,β-unsaturated/α-hetero) is 1. The lowest BCUT2D eigenvalue weighted by Crippen LogP contribution is -2.46. The monoisotopic (exact) mass is 294 g/mol. The van der Waals surface area contributed by atoms with Crippen LogP contribution in [0, 0.1) is 5.92 Å². The predicted molar refractivity (Wildman–Crippen MR) is 81.7 cm³/mol. The van der Waals surface area contributed by atoms with Gasteiger partial charge in [-0.2, -0.15) is 0 Å². The fourth-order valence-corrected chi connectivity index (χ4v) is 2.65. The number of ether oxygens (including phenoxy) is 1. The van der Waals surface area contributed by atoms with Gasteiger partial charge < -0.3 is 9.84 Å². The minimum Gasteiger partial charge on any atom is -0.458 e. The minimum absolute atomic E-state index is 0.00545. The molecule has 1 aliphatic carbocycles. The lowest BCUT2D eigenvalue weighted by Gasteiger charge is -2.38. The van der Waals surface area contributed by atoms with E-state index >= 15 is 0 Å². The summed E-state index contributed by atoms with van der Waals surface area (Å²) in [6, 6.07) is 0. The highest BCUT2D eigenvalue weighted by molar-refractivity contribution is 5.96. The number of hydrogen-bond donors (Lipinski definition) is 1. The van der Waals surface area contributed by atoms with Crippen LogP contribution >= 0.6 is 0 Å². The summed E-state index contributed by atoms with van der Waals surface area (Å²) < 4.78 is 5.29. The number of esters is 1. The van der Waals surface area contributed by atoms with Gasteiger partial charge in [-0.3, -0.25) is 9.59 Å². The van der Waals surface area contributed by atoms with Gasteiger partial charge in [0.05, 0.1) is 5.60 Å². The zero-order valence-corrected chi connectivity index (χ0v) is 13.6. The number of aliphatic hydroxyl groups is 1. The number of allylic oxidation sites excluding steroid dienone is 3. The molecule has 0 aromatic carbocycles. The standard InChI is InChI=1S/C17H26O4/c1-11(2)7-6-8-17(5,20)14-10-15(19)12(3)9-16(14)21-13(4)18/h7,9,14,16,20H,6,8,10H2,1-5H3. The second kappa shape index (κ2) is 7.03. The van der Waals surface area contributed by atoms with Crippen LogP contribution in [0.4, 0.5) is 0 Å². The zero-order chi connectivity index (χ0) is 16.2. The number of hydrogen-bond acceptors (Lipinski definition) is 4. The van der Waals surface area contributed by atoms with Crippen LogP contribution in [0.5, 0.6) is 0 Å². The largest absolute Gasteiger partial charge is 0.458 e. The Morgan fingerprint density at radius 1 is 1.48 bits per heavy atom. The first-order chi connectivity index (χ1) is 9.63. The van der Waals surface area contributed by atoms with Crippen molar-refractivity contribution in [2.24, 2.45) is 5.92 Å². The van der Waals surface area contributed by atoms with E-state index in [-0.39, 0.29) is 12.2 Å². The van der Waals surface area contributed by atoms with Crippen LogP contribution in [-0.4, -0.2) is 28.6 Å². The van der Waals surface area contributed by atoms with Crippen molar-refractivity contribution in [3.63, 3.8) is 0 Å². The molecule has 1 aliphatic rings. The highest BCUT2D eigenvalue weighted by Crippen LogP contribution is 2.35. The third kappa shape index (κ3) is 5.12. The van der Waals surface area contributed by atoms with Gasteiger partial charge in [-0.25, -0.2) is 0 Å². The van der Waals surface area contributed by atoms with Crippen molar-refractivity contribution in [2.45, 2.75) is 65.6 Å². The van der Waals surface area contributed by atoms with E-state index in [1.807, 2.05) is 13.8 Å². The quantitative estimate of drug-likeness (QED) is 0.625. The van der Waals surface area contributed by atoms with Crippen LogP contribution in [0.2, 0.25) is 0 Å². The van der Waals surface area contributed by atoms with E-state index in [0.29, 0.717) is 12.0 Å². The Morgan fingerprint density at radius 2 is 2.10 bits per heavy atom. The topological polar surface area (TPSA) is 63.6 Å². The van der Waals surface area contributed by atoms with E-state index < -0.39 is 23.6 Å². The molecule has 0 amide bonds. The molecule has 0 radical (unpaired) electrons. The third-order valence-electron chi connectivity index (χ3n) is 3.96. The average molecular weight is 294 g/mol. The van der Waals surface area contributed by atoms with Gasteiger partial charge >= 0.3 is 5.97 Å². The number of carbonyl (C=O) groups is 2. The fourth-order valence-electron chi connectivity index (χ4n) is 2.65. The molecule has 3 atom stereocenters. The number of carbonyl (C=O) groups excluding carboxylic acids is 2. The van der Waals surface area contributed by atoms with Crippen LogP contribution in [0.15, 0.2) is 23.3 Å². The van der Waals surface area contributed by atoms with Gasteiger partial charge in [0.2, 0.25) is 0 Å². The summed E-state index contributed by atoms with van der Waals surface area (Å²) in [4.78, 5) is 23.2. The molecule has 0 saturated carbocycles. The van der Waals surface area contributed by atoms with Crippen LogP contribution in [-0.2, 0) is 14.3 Å². The van der Waals surface area contributed by atoms with E-state index in [0.717, 1.165) is 6.42 Å². The fraction of sp³-hybridized carbons (Fsp3) is 0.647. The molecule has 1 N–H and O–H groups in total. The number of ketones is 1. The Kier molecular flexibility index (Phi) is 5.90. The van der Waals surface area contributed by atoms with Crippen molar-refractivity contribution in [3.8, 4) is 0 Å². The second-order valence-corrected chi connectivity index (χ2v) is 6.33. The van der Waals surface area contributed by atoms with E-state index in [2.05, 4.69) is 6.08 Å². The molecule has 0 aromatic heterocycles. The first-order valence-corrected chi connectivity index (χ1v) is 7.38. The molecule has 0 fully saturated rings. The van der Waals surface area contributed by atoms with Gasteiger partial charge in [-0.1, -0.05) is 11.6 Å². The number of rotatable bonds is 5. The Bertz CT molecular complexity index is 467. The Morgan fingerprint density at radius 3 is 2.62 bits per heavy atom. The smallest absolute Gasteiger partial charge is 0.303 e. The molecule has 0 spiro atoms. The van der Waals surface area contributed by atoms with Gasteiger partial charge in [-0.15, -0.1) is 0 Å². The lowest BCUT2D eigenvalue weighted by atomic mass is 9.74.